The minimum absolute atomic E-state index is 0.659. The van der Waals surface area contributed by atoms with E-state index in [4.69, 9.17) is 13.3 Å². The molecule has 4 nitrogen and oxygen atoms in total. The Labute approximate surface area is 87.5 Å². The molecule has 84 valence electrons. The molecule has 1 unspecified atom stereocenters. The van der Waals surface area contributed by atoms with Crippen LogP contribution in [0.25, 0.3) is 0 Å². The Morgan fingerprint density at radius 3 is 2.14 bits per heavy atom. The second-order valence-electron chi connectivity index (χ2n) is 3.92. The Hall–Kier alpha value is 0.0569. The molecule has 0 bridgehead atoms. The lowest BCUT2D eigenvalue weighted by molar-refractivity contribution is 0.118. The summed E-state index contributed by atoms with van der Waals surface area (Å²) in [6.07, 6.45) is 1.22. The predicted octanol–water partition coefficient (Wildman–Crippen LogP) is 0.816. The van der Waals surface area contributed by atoms with Crippen molar-refractivity contribution in [2.75, 3.05) is 41.5 Å². The number of hydrogen-bond acceptors (Lipinski definition) is 4. The van der Waals surface area contributed by atoms with Crippen molar-refractivity contribution in [1.29, 1.82) is 0 Å². The maximum atomic E-state index is 5.41. The molecule has 0 amide bonds. The molecule has 0 radical (unpaired) electrons. The Morgan fingerprint density at radius 2 is 1.79 bits per heavy atom. The summed E-state index contributed by atoms with van der Waals surface area (Å²) in [7, 11) is 4.85. The van der Waals surface area contributed by atoms with Crippen LogP contribution in [0.5, 0.6) is 0 Å². The van der Waals surface area contributed by atoms with Gasteiger partial charge in [0.15, 0.2) is 0 Å². The first-order chi connectivity index (χ1) is 6.65. The van der Waals surface area contributed by atoms with E-state index < -0.39 is 8.80 Å². The van der Waals surface area contributed by atoms with Crippen molar-refractivity contribution in [2.24, 2.45) is 5.92 Å². The number of rotatable bonds is 5. The Bertz CT molecular complexity index is 167. The van der Waals surface area contributed by atoms with Gasteiger partial charge in [0, 0.05) is 33.9 Å². The first kappa shape index (κ1) is 12.1. The fraction of sp³-hybridized carbons (Fsp3) is 1.00. The van der Waals surface area contributed by atoms with Crippen LogP contribution in [0.2, 0.25) is 6.04 Å². The lowest BCUT2D eigenvalue weighted by Gasteiger charge is -2.26. The Morgan fingerprint density at radius 1 is 1.21 bits per heavy atom. The molecule has 1 aliphatic rings. The molecule has 0 aromatic carbocycles. The van der Waals surface area contributed by atoms with Crippen molar-refractivity contribution in [2.45, 2.75) is 12.5 Å². The van der Waals surface area contributed by atoms with Crippen molar-refractivity contribution in [3.05, 3.63) is 0 Å². The Balaban J connectivity index is 2.47. The van der Waals surface area contributed by atoms with Gasteiger partial charge in [-0.15, -0.1) is 0 Å². The van der Waals surface area contributed by atoms with E-state index in [2.05, 4.69) is 11.9 Å². The van der Waals surface area contributed by atoms with Gasteiger partial charge in [-0.2, -0.15) is 0 Å². The third kappa shape index (κ3) is 2.77. The van der Waals surface area contributed by atoms with Gasteiger partial charge in [0.05, 0.1) is 0 Å². The van der Waals surface area contributed by atoms with Gasteiger partial charge >= 0.3 is 8.80 Å². The first-order valence-electron chi connectivity index (χ1n) is 5.00. The highest BCUT2D eigenvalue weighted by Gasteiger charge is 2.41. The molecule has 1 heterocycles. The average Bonchev–Trinajstić information content (AvgIpc) is 2.61. The van der Waals surface area contributed by atoms with Crippen LogP contribution in [-0.2, 0) is 13.3 Å². The van der Waals surface area contributed by atoms with E-state index >= 15 is 0 Å². The zero-order chi connectivity index (χ0) is 10.6. The maximum Gasteiger partial charge on any atom is 0.500 e. The van der Waals surface area contributed by atoms with Crippen LogP contribution in [0, 0.1) is 5.92 Å². The van der Waals surface area contributed by atoms with E-state index in [-0.39, 0.29) is 0 Å². The van der Waals surface area contributed by atoms with Gasteiger partial charge in [-0.3, -0.25) is 0 Å². The van der Waals surface area contributed by atoms with Crippen molar-refractivity contribution in [3.63, 3.8) is 0 Å². The minimum Gasteiger partial charge on any atom is -0.377 e. The highest BCUT2D eigenvalue weighted by molar-refractivity contribution is 6.60. The molecule has 1 saturated heterocycles. The molecule has 1 atom stereocenters. The predicted molar refractivity (Wildman–Crippen MR) is 57.2 cm³/mol. The molecule has 0 aromatic heterocycles. The standard InChI is InChI=1S/C9H21NO3Si/c1-10-6-5-9(7-10)8-14(11-2,12-3)13-4/h9H,5-8H2,1-4H3. The molecule has 14 heavy (non-hydrogen) atoms. The summed E-state index contributed by atoms with van der Waals surface area (Å²) in [5.41, 5.74) is 0. The van der Waals surface area contributed by atoms with Crippen LogP contribution in [0.4, 0.5) is 0 Å². The van der Waals surface area contributed by atoms with Gasteiger partial charge in [0.1, 0.15) is 0 Å². The van der Waals surface area contributed by atoms with Gasteiger partial charge in [0.25, 0.3) is 0 Å². The summed E-state index contributed by atoms with van der Waals surface area (Å²) in [5, 5.41) is 0. The molecule has 0 N–H and O–H groups in total. The van der Waals surface area contributed by atoms with Gasteiger partial charge in [-0.1, -0.05) is 0 Å². The van der Waals surface area contributed by atoms with E-state index in [1.54, 1.807) is 21.3 Å². The van der Waals surface area contributed by atoms with Crippen LogP contribution in [0.1, 0.15) is 6.42 Å². The van der Waals surface area contributed by atoms with Crippen molar-refractivity contribution in [3.8, 4) is 0 Å². The summed E-state index contributed by atoms with van der Waals surface area (Å²) in [4.78, 5) is 2.34. The van der Waals surface area contributed by atoms with E-state index in [9.17, 15) is 0 Å². The van der Waals surface area contributed by atoms with Crippen molar-refractivity contribution >= 4 is 8.80 Å². The van der Waals surface area contributed by atoms with E-state index in [1.165, 1.54) is 13.0 Å². The molecule has 0 aromatic rings. The van der Waals surface area contributed by atoms with Crippen LogP contribution in [-0.4, -0.2) is 55.2 Å². The molecule has 0 saturated carbocycles. The molecule has 0 spiro atoms. The summed E-state index contributed by atoms with van der Waals surface area (Å²) in [6.45, 7) is 2.30. The second-order valence-corrected chi connectivity index (χ2v) is 6.92. The van der Waals surface area contributed by atoms with E-state index in [0.29, 0.717) is 5.92 Å². The summed E-state index contributed by atoms with van der Waals surface area (Å²) in [6, 6.07) is 0.931. The number of likely N-dealkylation sites (tertiary alicyclic amines) is 1. The minimum atomic E-state index is -2.34. The van der Waals surface area contributed by atoms with Gasteiger partial charge < -0.3 is 18.2 Å². The Kier molecular flexibility index (Phi) is 4.53. The zero-order valence-corrected chi connectivity index (χ0v) is 10.6. The fourth-order valence-electron chi connectivity index (χ4n) is 2.05. The van der Waals surface area contributed by atoms with Crippen LogP contribution >= 0.6 is 0 Å². The molecule has 5 heteroatoms. The first-order valence-corrected chi connectivity index (χ1v) is 6.93. The molecule has 1 fully saturated rings. The average molecular weight is 219 g/mol. The van der Waals surface area contributed by atoms with E-state index in [0.717, 1.165) is 12.6 Å². The lowest BCUT2D eigenvalue weighted by atomic mass is 10.2. The van der Waals surface area contributed by atoms with E-state index in [1.807, 2.05) is 0 Å². The molecule has 0 aliphatic carbocycles. The normalized spacial score (nSPS) is 24.4. The summed E-state index contributed by atoms with van der Waals surface area (Å²) in [5.74, 6) is 0.659. The quantitative estimate of drug-likeness (QED) is 0.641. The highest BCUT2D eigenvalue weighted by atomic mass is 28.4. The molecule has 1 rings (SSSR count). The SMILES string of the molecule is CO[Si](CC1CCN(C)C1)(OC)OC. The molecular formula is C9H21NO3Si. The molecular weight excluding hydrogens is 198 g/mol. The lowest BCUT2D eigenvalue weighted by Crippen LogP contribution is -2.44. The summed E-state index contributed by atoms with van der Waals surface area (Å²) < 4.78 is 16.2. The number of hydrogen-bond donors (Lipinski definition) is 0. The number of nitrogens with zero attached hydrogens (tertiary/aromatic N) is 1. The van der Waals surface area contributed by atoms with Crippen LogP contribution in [0.15, 0.2) is 0 Å². The van der Waals surface area contributed by atoms with Gasteiger partial charge in [0.2, 0.25) is 0 Å². The largest absolute Gasteiger partial charge is 0.500 e. The van der Waals surface area contributed by atoms with Crippen LogP contribution in [0.3, 0.4) is 0 Å². The van der Waals surface area contributed by atoms with Crippen molar-refractivity contribution in [1.82, 2.24) is 4.90 Å². The fourth-order valence-corrected chi connectivity index (χ4v) is 4.09. The van der Waals surface area contributed by atoms with Crippen LogP contribution < -0.4 is 0 Å². The van der Waals surface area contributed by atoms with Crippen molar-refractivity contribution < 1.29 is 13.3 Å². The third-order valence-electron chi connectivity index (χ3n) is 2.96. The highest BCUT2D eigenvalue weighted by Crippen LogP contribution is 2.26. The second kappa shape index (κ2) is 5.23. The third-order valence-corrected chi connectivity index (χ3v) is 5.90. The van der Waals surface area contributed by atoms with Gasteiger partial charge in [-0.25, -0.2) is 0 Å². The maximum absolute atomic E-state index is 5.41. The smallest absolute Gasteiger partial charge is 0.377 e. The zero-order valence-electron chi connectivity index (χ0n) is 9.58. The van der Waals surface area contributed by atoms with Gasteiger partial charge in [-0.05, 0) is 25.9 Å². The molecule has 1 aliphatic heterocycles. The summed E-state index contributed by atoms with van der Waals surface area (Å²) >= 11 is 0. The monoisotopic (exact) mass is 219 g/mol. The topological polar surface area (TPSA) is 30.9 Å².